The number of carbonyl (C=O) groups is 2. The number of aliphatic imine (C=N–C) groups is 1. The Morgan fingerprint density at radius 3 is 2.45 bits per heavy atom. The van der Waals surface area contributed by atoms with Crippen LogP contribution in [0, 0.1) is 6.92 Å². The molecule has 204 valence electrons. The van der Waals surface area contributed by atoms with Crippen molar-refractivity contribution >= 4 is 52.7 Å². The largest absolute Gasteiger partial charge is 0.489 e. The second-order valence-electron chi connectivity index (χ2n) is 9.47. The van der Waals surface area contributed by atoms with Crippen molar-refractivity contribution in [1.29, 1.82) is 0 Å². The molecule has 0 bridgehead atoms. The predicted octanol–water partition coefficient (Wildman–Crippen LogP) is 6.55. The summed E-state index contributed by atoms with van der Waals surface area (Å²) in [4.78, 5) is 32.7. The molecule has 1 aromatic heterocycles. The number of allylic oxidation sites excluding steroid dienone is 1. The number of aryl methyl sites for hydroxylation is 1. The number of amides is 2. The lowest BCUT2D eigenvalue weighted by Gasteiger charge is -2.33. The number of imide groups is 1. The summed E-state index contributed by atoms with van der Waals surface area (Å²) in [6.07, 6.45) is -1.14. The van der Waals surface area contributed by atoms with E-state index in [1.54, 1.807) is 12.1 Å². The standard InChI is InChI=1S/C27H29ClF3N3O3S/c1-4-20(26-22(32-3)13-19(38-26)14-34-23(35)5-6-24(34)36)21-12-17(28)11-16(2)25(21)37-18-7-9-33(10-8-18)15-27(29,30)31/h4,11-13,18H,3,5-10,14-15H2,1-2H3/b20-4-. The quantitative estimate of drug-likeness (QED) is 0.268. The van der Waals surface area contributed by atoms with Gasteiger partial charge in [-0.2, -0.15) is 13.2 Å². The number of carbonyl (C=O) groups excluding carboxylic acids is 2. The van der Waals surface area contributed by atoms with Gasteiger partial charge in [0.2, 0.25) is 11.8 Å². The summed E-state index contributed by atoms with van der Waals surface area (Å²) in [6, 6.07) is 5.42. The third kappa shape index (κ3) is 6.47. The van der Waals surface area contributed by atoms with E-state index in [2.05, 4.69) is 11.7 Å². The number of hydrogen-bond acceptors (Lipinski definition) is 6. The summed E-state index contributed by atoms with van der Waals surface area (Å²) < 4.78 is 44.8. The van der Waals surface area contributed by atoms with Crippen molar-refractivity contribution in [3.63, 3.8) is 0 Å². The second kappa shape index (κ2) is 11.6. The van der Waals surface area contributed by atoms with Crippen molar-refractivity contribution < 1.29 is 27.5 Å². The number of benzene rings is 1. The third-order valence-corrected chi connectivity index (χ3v) is 8.05. The number of thiophene rings is 1. The topological polar surface area (TPSA) is 62.2 Å². The molecule has 6 nitrogen and oxygen atoms in total. The fourth-order valence-electron chi connectivity index (χ4n) is 4.88. The summed E-state index contributed by atoms with van der Waals surface area (Å²) in [7, 11) is 0. The third-order valence-electron chi connectivity index (χ3n) is 6.69. The van der Waals surface area contributed by atoms with Crippen LogP contribution in [0.15, 0.2) is 29.3 Å². The van der Waals surface area contributed by atoms with Crippen LogP contribution in [0.1, 0.15) is 53.5 Å². The van der Waals surface area contributed by atoms with Gasteiger partial charge in [0.05, 0.1) is 23.7 Å². The molecule has 38 heavy (non-hydrogen) atoms. The molecule has 0 atom stereocenters. The zero-order valence-corrected chi connectivity index (χ0v) is 22.8. The van der Waals surface area contributed by atoms with Crippen LogP contribution < -0.4 is 4.74 Å². The fraction of sp³-hybridized carbons (Fsp3) is 0.444. The maximum Gasteiger partial charge on any atom is 0.401 e. The highest BCUT2D eigenvalue weighted by atomic mass is 35.5. The Balaban J connectivity index is 1.61. The van der Waals surface area contributed by atoms with Crippen molar-refractivity contribution in [2.24, 2.45) is 4.99 Å². The van der Waals surface area contributed by atoms with Crippen molar-refractivity contribution in [3.05, 3.63) is 50.2 Å². The smallest absolute Gasteiger partial charge is 0.401 e. The normalized spacial score (nSPS) is 17.9. The summed E-state index contributed by atoms with van der Waals surface area (Å²) >= 11 is 7.86. The second-order valence-corrected chi connectivity index (χ2v) is 11.0. The Morgan fingerprint density at radius 2 is 1.87 bits per heavy atom. The molecule has 2 fully saturated rings. The Morgan fingerprint density at radius 1 is 1.21 bits per heavy atom. The lowest BCUT2D eigenvalue weighted by Crippen LogP contribution is -2.42. The van der Waals surface area contributed by atoms with Gasteiger partial charge < -0.3 is 4.74 Å². The van der Waals surface area contributed by atoms with Gasteiger partial charge >= 0.3 is 6.18 Å². The molecule has 4 rings (SSSR count). The molecule has 0 radical (unpaired) electrons. The van der Waals surface area contributed by atoms with Crippen LogP contribution in [0.3, 0.4) is 0 Å². The molecule has 0 saturated carbocycles. The van der Waals surface area contributed by atoms with Crippen LogP contribution in [0.25, 0.3) is 5.57 Å². The van der Waals surface area contributed by atoms with E-state index in [4.69, 9.17) is 16.3 Å². The number of alkyl halides is 3. The van der Waals surface area contributed by atoms with Gasteiger partial charge in [-0.05, 0) is 57.2 Å². The van der Waals surface area contributed by atoms with Crippen LogP contribution in [0.5, 0.6) is 5.75 Å². The SMILES string of the molecule is C=Nc1cc(CN2C(=O)CCC2=O)sc1/C(=C\C)c1cc(Cl)cc(C)c1OC1CCN(CC(F)(F)F)CC1. The number of hydrogen-bond donors (Lipinski definition) is 0. The predicted molar refractivity (Wildman–Crippen MR) is 143 cm³/mol. The minimum absolute atomic E-state index is 0.177. The molecule has 11 heteroatoms. The Kier molecular flexibility index (Phi) is 8.64. The van der Waals surface area contributed by atoms with Gasteiger partial charge in [-0.15, -0.1) is 11.3 Å². The van der Waals surface area contributed by atoms with Crippen LogP contribution >= 0.6 is 22.9 Å². The molecule has 2 saturated heterocycles. The molecule has 0 N–H and O–H groups in total. The van der Waals surface area contributed by atoms with E-state index in [0.29, 0.717) is 42.4 Å². The number of rotatable bonds is 8. The van der Waals surface area contributed by atoms with Gasteiger partial charge in [0.25, 0.3) is 0 Å². The van der Waals surface area contributed by atoms with Crippen molar-refractivity contribution in [3.8, 4) is 5.75 Å². The van der Waals surface area contributed by atoms with E-state index in [1.807, 2.05) is 26.0 Å². The lowest BCUT2D eigenvalue weighted by molar-refractivity contribution is -0.149. The first-order valence-corrected chi connectivity index (χ1v) is 13.5. The van der Waals surface area contributed by atoms with Gasteiger partial charge in [-0.3, -0.25) is 24.4 Å². The van der Waals surface area contributed by atoms with Gasteiger partial charge in [-0.25, -0.2) is 0 Å². The number of nitrogens with zero attached hydrogens (tertiary/aromatic N) is 3. The molecule has 2 aliphatic rings. The van der Waals surface area contributed by atoms with E-state index in [9.17, 15) is 22.8 Å². The maximum absolute atomic E-state index is 12.8. The summed E-state index contributed by atoms with van der Waals surface area (Å²) in [5, 5.41) is 0.516. The number of ether oxygens (including phenoxy) is 1. The minimum atomic E-state index is -4.22. The van der Waals surface area contributed by atoms with Crippen molar-refractivity contribution in [2.75, 3.05) is 19.6 Å². The molecule has 2 aromatic rings. The molecule has 0 aliphatic carbocycles. The number of likely N-dealkylation sites (tertiary alicyclic amines) is 2. The Bertz CT molecular complexity index is 1250. The van der Waals surface area contributed by atoms with Gasteiger partial charge in [-0.1, -0.05) is 17.7 Å². The van der Waals surface area contributed by atoms with Crippen molar-refractivity contribution in [2.45, 2.75) is 58.4 Å². The zero-order chi connectivity index (χ0) is 27.6. The summed E-state index contributed by atoms with van der Waals surface area (Å²) in [5.41, 5.74) is 2.96. The van der Waals surface area contributed by atoms with Gasteiger partial charge in [0.1, 0.15) is 11.9 Å². The Labute approximate surface area is 228 Å². The van der Waals surface area contributed by atoms with E-state index in [0.717, 1.165) is 26.5 Å². The molecule has 3 heterocycles. The Hall–Kier alpha value is -2.69. The highest BCUT2D eigenvalue weighted by Crippen LogP contribution is 2.44. The number of halogens is 4. The van der Waals surface area contributed by atoms with Gasteiger partial charge in [0.15, 0.2) is 0 Å². The first-order valence-electron chi connectivity index (χ1n) is 12.3. The van der Waals surface area contributed by atoms with Crippen LogP contribution in [0.4, 0.5) is 18.9 Å². The highest BCUT2D eigenvalue weighted by Gasteiger charge is 2.33. The van der Waals surface area contributed by atoms with E-state index in [1.165, 1.54) is 21.1 Å². The average Bonchev–Trinajstić information content (AvgIpc) is 3.40. The summed E-state index contributed by atoms with van der Waals surface area (Å²) in [6.45, 7) is 7.33. The highest BCUT2D eigenvalue weighted by molar-refractivity contribution is 7.13. The molecule has 2 aliphatic heterocycles. The molecule has 1 aromatic carbocycles. The van der Waals surface area contributed by atoms with Crippen LogP contribution in [0.2, 0.25) is 5.02 Å². The van der Waals surface area contributed by atoms with Crippen LogP contribution in [-0.2, 0) is 16.1 Å². The molecule has 2 amide bonds. The van der Waals surface area contributed by atoms with E-state index < -0.39 is 12.7 Å². The molecular formula is C27H29ClF3N3O3S. The maximum atomic E-state index is 12.8. The lowest BCUT2D eigenvalue weighted by atomic mass is 9.99. The molecule has 0 unspecified atom stereocenters. The number of piperidine rings is 1. The zero-order valence-electron chi connectivity index (χ0n) is 21.2. The fourth-order valence-corrected chi connectivity index (χ4v) is 6.34. The first kappa shape index (κ1) is 28.3. The summed E-state index contributed by atoms with van der Waals surface area (Å²) in [5.74, 6) is 0.241. The first-order chi connectivity index (χ1) is 18.0. The minimum Gasteiger partial charge on any atom is -0.489 e. The molecule has 0 spiro atoms. The average molecular weight is 568 g/mol. The van der Waals surface area contributed by atoms with Gasteiger partial charge in [0, 0.05) is 47.0 Å². The molecular weight excluding hydrogens is 539 g/mol. The van der Waals surface area contributed by atoms with E-state index in [-0.39, 0.29) is 37.3 Å². The van der Waals surface area contributed by atoms with Crippen LogP contribution in [-0.4, -0.2) is 60.2 Å². The van der Waals surface area contributed by atoms with E-state index >= 15 is 0 Å². The van der Waals surface area contributed by atoms with Crippen molar-refractivity contribution in [1.82, 2.24) is 9.80 Å². The monoisotopic (exact) mass is 567 g/mol.